The smallest absolute Gasteiger partial charge is 0.256 e. The number of likely N-dealkylation sites (tertiary alicyclic amines) is 1. The first-order chi connectivity index (χ1) is 8.49. The van der Waals surface area contributed by atoms with Gasteiger partial charge in [-0.3, -0.25) is 4.79 Å². The number of nitrogens with two attached hydrogens (primary N) is 1. The third kappa shape index (κ3) is 2.51. The molecule has 1 fully saturated rings. The quantitative estimate of drug-likeness (QED) is 0.830. The van der Waals surface area contributed by atoms with E-state index in [4.69, 9.17) is 5.73 Å². The van der Waals surface area contributed by atoms with Gasteiger partial charge in [-0.1, -0.05) is 6.92 Å². The van der Waals surface area contributed by atoms with Crippen LogP contribution in [0.15, 0.2) is 18.2 Å². The number of piperidine rings is 1. The number of hydrogen-bond donors (Lipinski definition) is 1. The van der Waals surface area contributed by atoms with Gasteiger partial charge >= 0.3 is 0 Å². The Hall–Kier alpha value is -1.49. The molecule has 3 nitrogen and oxygen atoms in total. The van der Waals surface area contributed by atoms with Crippen LogP contribution in [0.25, 0.3) is 0 Å². The largest absolute Gasteiger partial charge is 0.338 e. The van der Waals surface area contributed by atoms with Gasteiger partial charge in [0, 0.05) is 19.1 Å². The van der Waals surface area contributed by atoms with Gasteiger partial charge in [-0.05, 0) is 30.5 Å². The van der Waals surface area contributed by atoms with Crippen LogP contribution in [0.5, 0.6) is 0 Å². The Morgan fingerprint density at radius 2 is 2.17 bits per heavy atom. The van der Waals surface area contributed by atoms with E-state index in [9.17, 15) is 13.6 Å². The molecule has 0 saturated carbocycles. The fraction of sp³-hybridized carbons (Fsp3) is 0.462. The first kappa shape index (κ1) is 13.0. The van der Waals surface area contributed by atoms with Crippen molar-refractivity contribution in [2.45, 2.75) is 19.4 Å². The highest BCUT2D eigenvalue weighted by molar-refractivity contribution is 5.94. The van der Waals surface area contributed by atoms with Gasteiger partial charge < -0.3 is 10.6 Å². The summed E-state index contributed by atoms with van der Waals surface area (Å²) in [5.41, 5.74) is 5.65. The monoisotopic (exact) mass is 254 g/mol. The van der Waals surface area contributed by atoms with Crippen molar-refractivity contribution in [1.29, 1.82) is 0 Å². The van der Waals surface area contributed by atoms with Crippen molar-refractivity contribution in [3.05, 3.63) is 35.4 Å². The Morgan fingerprint density at radius 3 is 2.83 bits per heavy atom. The second-order valence-electron chi connectivity index (χ2n) is 4.81. The van der Waals surface area contributed by atoms with Crippen molar-refractivity contribution in [2.75, 3.05) is 13.1 Å². The Morgan fingerprint density at radius 1 is 1.44 bits per heavy atom. The number of halogens is 2. The fourth-order valence-corrected chi connectivity index (χ4v) is 2.18. The average molecular weight is 254 g/mol. The molecule has 0 bridgehead atoms. The number of nitrogens with zero attached hydrogens (tertiary/aromatic N) is 1. The summed E-state index contributed by atoms with van der Waals surface area (Å²) < 4.78 is 26.6. The molecule has 2 N–H and O–H groups in total. The van der Waals surface area contributed by atoms with Gasteiger partial charge in [0.2, 0.25) is 0 Å². The van der Waals surface area contributed by atoms with E-state index < -0.39 is 17.5 Å². The predicted molar refractivity (Wildman–Crippen MR) is 64.0 cm³/mol. The molecule has 0 aliphatic carbocycles. The molecule has 1 aliphatic rings. The number of carbonyl (C=O) groups excluding carboxylic acids is 1. The summed E-state index contributed by atoms with van der Waals surface area (Å²) in [6, 6.07) is 2.98. The number of carbonyl (C=O) groups is 1. The predicted octanol–water partition coefficient (Wildman–Crippen LogP) is 1.77. The van der Waals surface area contributed by atoms with E-state index in [1.807, 2.05) is 6.92 Å². The third-order valence-electron chi connectivity index (χ3n) is 3.42. The Bertz CT molecular complexity index is 464. The number of hydrogen-bond acceptors (Lipinski definition) is 2. The van der Waals surface area contributed by atoms with Gasteiger partial charge in [-0.25, -0.2) is 8.78 Å². The van der Waals surface area contributed by atoms with Crippen LogP contribution < -0.4 is 5.73 Å². The molecule has 0 radical (unpaired) electrons. The lowest BCUT2D eigenvalue weighted by Crippen LogP contribution is -2.48. The SMILES string of the molecule is CC1CN(C(=O)c2cc(F)ccc2F)CCC1N. The standard InChI is InChI=1S/C13H16F2N2O/c1-8-7-17(5-4-12(8)16)13(18)10-6-9(14)2-3-11(10)15/h2-3,6,8,12H,4-5,7,16H2,1H3. The van der Waals surface area contributed by atoms with Crippen LogP contribution in [-0.4, -0.2) is 29.9 Å². The summed E-state index contributed by atoms with van der Waals surface area (Å²) in [6.07, 6.45) is 0.684. The zero-order valence-electron chi connectivity index (χ0n) is 10.2. The molecule has 0 aromatic heterocycles. The molecule has 1 amide bonds. The average Bonchev–Trinajstić information content (AvgIpc) is 2.35. The van der Waals surface area contributed by atoms with Crippen LogP contribution in [0, 0.1) is 17.6 Å². The highest BCUT2D eigenvalue weighted by Crippen LogP contribution is 2.19. The van der Waals surface area contributed by atoms with Gasteiger partial charge in [-0.2, -0.15) is 0 Å². The lowest BCUT2D eigenvalue weighted by Gasteiger charge is -2.35. The van der Waals surface area contributed by atoms with Crippen LogP contribution in [0.1, 0.15) is 23.7 Å². The first-order valence-corrected chi connectivity index (χ1v) is 5.99. The Kier molecular flexibility index (Phi) is 3.61. The van der Waals surface area contributed by atoms with Crippen molar-refractivity contribution in [3.8, 4) is 0 Å². The van der Waals surface area contributed by atoms with Gasteiger partial charge in [0.05, 0.1) is 5.56 Å². The van der Waals surface area contributed by atoms with Crippen LogP contribution in [-0.2, 0) is 0 Å². The van der Waals surface area contributed by atoms with Gasteiger partial charge in [0.25, 0.3) is 5.91 Å². The molecule has 2 rings (SSSR count). The summed E-state index contributed by atoms with van der Waals surface area (Å²) in [4.78, 5) is 13.6. The highest BCUT2D eigenvalue weighted by Gasteiger charge is 2.28. The normalized spacial score (nSPS) is 24.1. The molecule has 0 spiro atoms. The molecule has 5 heteroatoms. The van der Waals surface area contributed by atoms with E-state index >= 15 is 0 Å². The minimum atomic E-state index is -0.691. The molecule has 1 saturated heterocycles. The molecule has 1 aromatic carbocycles. The Labute approximate surface area is 105 Å². The molecular weight excluding hydrogens is 238 g/mol. The molecule has 1 aliphatic heterocycles. The zero-order chi connectivity index (χ0) is 13.3. The summed E-state index contributed by atoms with van der Waals surface area (Å²) in [5.74, 6) is -1.60. The molecule has 2 atom stereocenters. The van der Waals surface area contributed by atoms with Gasteiger partial charge in [0.15, 0.2) is 0 Å². The van der Waals surface area contributed by atoms with Gasteiger partial charge in [-0.15, -0.1) is 0 Å². The van der Waals surface area contributed by atoms with E-state index in [0.29, 0.717) is 19.5 Å². The lowest BCUT2D eigenvalue weighted by atomic mass is 9.94. The maximum atomic E-state index is 13.5. The lowest BCUT2D eigenvalue weighted by molar-refractivity contribution is 0.0659. The van der Waals surface area contributed by atoms with E-state index in [1.54, 1.807) is 0 Å². The minimum absolute atomic E-state index is 0.0615. The maximum Gasteiger partial charge on any atom is 0.256 e. The molecule has 18 heavy (non-hydrogen) atoms. The van der Waals surface area contributed by atoms with E-state index in [0.717, 1.165) is 18.2 Å². The molecule has 2 unspecified atom stereocenters. The summed E-state index contributed by atoms with van der Waals surface area (Å²) >= 11 is 0. The van der Waals surface area contributed by atoms with E-state index in [2.05, 4.69) is 0 Å². The topological polar surface area (TPSA) is 46.3 Å². The van der Waals surface area contributed by atoms with Crippen LogP contribution in [0.2, 0.25) is 0 Å². The summed E-state index contributed by atoms with van der Waals surface area (Å²) in [7, 11) is 0. The summed E-state index contributed by atoms with van der Waals surface area (Å²) in [5, 5.41) is 0. The zero-order valence-corrected chi connectivity index (χ0v) is 10.2. The number of benzene rings is 1. The second kappa shape index (κ2) is 5.02. The van der Waals surface area contributed by atoms with Crippen molar-refractivity contribution in [3.63, 3.8) is 0 Å². The number of rotatable bonds is 1. The van der Waals surface area contributed by atoms with Crippen LogP contribution >= 0.6 is 0 Å². The third-order valence-corrected chi connectivity index (χ3v) is 3.42. The van der Waals surface area contributed by atoms with Crippen LogP contribution in [0.4, 0.5) is 8.78 Å². The first-order valence-electron chi connectivity index (χ1n) is 5.99. The highest BCUT2D eigenvalue weighted by atomic mass is 19.1. The molecule has 98 valence electrons. The van der Waals surface area contributed by atoms with Crippen molar-refractivity contribution in [1.82, 2.24) is 4.90 Å². The van der Waals surface area contributed by atoms with Crippen LogP contribution in [0.3, 0.4) is 0 Å². The van der Waals surface area contributed by atoms with E-state index in [-0.39, 0.29) is 17.5 Å². The summed E-state index contributed by atoms with van der Waals surface area (Å²) in [6.45, 7) is 2.92. The van der Waals surface area contributed by atoms with Crippen molar-refractivity contribution >= 4 is 5.91 Å². The van der Waals surface area contributed by atoms with Crippen molar-refractivity contribution < 1.29 is 13.6 Å². The Balaban J connectivity index is 2.19. The van der Waals surface area contributed by atoms with Crippen molar-refractivity contribution in [2.24, 2.45) is 11.7 Å². The number of amides is 1. The van der Waals surface area contributed by atoms with E-state index in [1.165, 1.54) is 4.90 Å². The minimum Gasteiger partial charge on any atom is -0.338 e. The maximum absolute atomic E-state index is 13.5. The molecule has 1 heterocycles. The van der Waals surface area contributed by atoms with Gasteiger partial charge in [0.1, 0.15) is 11.6 Å². The second-order valence-corrected chi connectivity index (χ2v) is 4.81. The molecule has 1 aromatic rings. The fourth-order valence-electron chi connectivity index (χ4n) is 2.18. The molecular formula is C13H16F2N2O.